The van der Waals surface area contributed by atoms with Gasteiger partial charge < -0.3 is 14.7 Å². The van der Waals surface area contributed by atoms with E-state index in [0.717, 1.165) is 30.8 Å². The maximum atomic E-state index is 9.62. The van der Waals surface area contributed by atoms with Gasteiger partial charge in [0.2, 0.25) is 0 Å². The van der Waals surface area contributed by atoms with Gasteiger partial charge in [0.25, 0.3) is 0 Å². The first-order valence-corrected chi connectivity index (χ1v) is 5.37. The van der Waals surface area contributed by atoms with E-state index in [0.29, 0.717) is 6.54 Å². The highest BCUT2D eigenvalue weighted by Crippen LogP contribution is 2.29. The molecule has 2 rings (SSSR count). The Morgan fingerprint density at radius 1 is 1.40 bits per heavy atom. The summed E-state index contributed by atoms with van der Waals surface area (Å²) in [7, 11) is 1.68. The third-order valence-corrected chi connectivity index (χ3v) is 2.82. The van der Waals surface area contributed by atoms with Crippen LogP contribution in [0.1, 0.15) is 12.8 Å². The van der Waals surface area contributed by atoms with Crippen LogP contribution in [0.15, 0.2) is 24.3 Å². The molecule has 1 aliphatic rings. The molecule has 1 fully saturated rings. The number of rotatable bonds is 2. The van der Waals surface area contributed by atoms with Gasteiger partial charge in [-0.25, -0.2) is 0 Å². The maximum absolute atomic E-state index is 9.62. The minimum Gasteiger partial charge on any atom is -0.495 e. The molecule has 1 aromatic carbocycles. The van der Waals surface area contributed by atoms with Crippen molar-refractivity contribution in [2.75, 3.05) is 25.1 Å². The third-order valence-electron chi connectivity index (χ3n) is 2.82. The lowest BCUT2D eigenvalue weighted by molar-refractivity contribution is 0.154. The Labute approximate surface area is 90.3 Å². The lowest BCUT2D eigenvalue weighted by atomic mass is 10.1. The fraction of sp³-hybridized carbons (Fsp3) is 0.500. The average Bonchev–Trinajstić information content (AvgIpc) is 2.29. The van der Waals surface area contributed by atoms with Crippen LogP contribution in [0.5, 0.6) is 5.75 Å². The highest BCUT2D eigenvalue weighted by atomic mass is 16.5. The van der Waals surface area contributed by atoms with Crippen molar-refractivity contribution in [2.45, 2.75) is 18.9 Å². The molecule has 1 aliphatic heterocycles. The van der Waals surface area contributed by atoms with Gasteiger partial charge in [0, 0.05) is 13.1 Å². The Morgan fingerprint density at radius 2 is 2.20 bits per heavy atom. The van der Waals surface area contributed by atoms with Crippen molar-refractivity contribution < 1.29 is 9.84 Å². The van der Waals surface area contributed by atoms with E-state index < -0.39 is 0 Å². The molecule has 15 heavy (non-hydrogen) atoms. The molecule has 1 heterocycles. The van der Waals surface area contributed by atoms with Crippen LogP contribution >= 0.6 is 0 Å². The van der Waals surface area contributed by atoms with Gasteiger partial charge in [-0.2, -0.15) is 0 Å². The van der Waals surface area contributed by atoms with Crippen molar-refractivity contribution in [3.8, 4) is 5.75 Å². The second-order valence-corrected chi connectivity index (χ2v) is 3.91. The summed E-state index contributed by atoms with van der Waals surface area (Å²) in [5.74, 6) is 0.881. The molecule has 3 heteroatoms. The van der Waals surface area contributed by atoms with Gasteiger partial charge in [0.05, 0.1) is 18.9 Å². The van der Waals surface area contributed by atoms with Crippen LogP contribution in [0.2, 0.25) is 0 Å². The summed E-state index contributed by atoms with van der Waals surface area (Å²) in [6.45, 7) is 1.71. The van der Waals surface area contributed by atoms with Crippen molar-refractivity contribution in [3.05, 3.63) is 24.3 Å². The molecule has 1 aromatic rings. The van der Waals surface area contributed by atoms with Crippen molar-refractivity contribution in [2.24, 2.45) is 0 Å². The number of para-hydroxylation sites is 2. The number of piperidine rings is 1. The van der Waals surface area contributed by atoms with Crippen molar-refractivity contribution in [1.29, 1.82) is 0 Å². The molecular weight excluding hydrogens is 190 g/mol. The fourth-order valence-corrected chi connectivity index (χ4v) is 2.06. The standard InChI is InChI=1S/C12H17NO2/c1-15-12-7-3-2-6-11(12)13-8-4-5-10(14)9-13/h2-3,6-7,10,14H,4-5,8-9H2,1H3. The van der Waals surface area contributed by atoms with Crippen LogP contribution in [0.4, 0.5) is 5.69 Å². The minimum absolute atomic E-state index is 0.205. The van der Waals surface area contributed by atoms with E-state index in [-0.39, 0.29) is 6.10 Å². The monoisotopic (exact) mass is 207 g/mol. The normalized spacial score (nSPS) is 21.5. The van der Waals surface area contributed by atoms with Crippen molar-refractivity contribution in [3.63, 3.8) is 0 Å². The lowest BCUT2D eigenvalue weighted by Gasteiger charge is -2.32. The molecule has 0 aromatic heterocycles. The SMILES string of the molecule is COc1ccccc1N1CCCC(O)C1. The Hall–Kier alpha value is -1.22. The van der Waals surface area contributed by atoms with E-state index in [1.807, 2.05) is 24.3 Å². The van der Waals surface area contributed by atoms with Crippen LogP contribution in [-0.2, 0) is 0 Å². The number of aliphatic hydroxyl groups is 1. The van der Waals surface area contributed by atoms with Gasteiger partial charge in [-0.05, 0) is 25.0 Å². The number of β-amino-alcohol motifs (C(OH)–C–C–N with tert-alkyl or cyclic N) is 1. The van der Waals surface area contributed by atoms with Crippen molar-refractivity contribution in [1.82, 2.24) is 0 Å². The van der Waals surface area contributed by atoms with Crippen LogP contribution in [0.25, 0.3) is 0 Å². The second-order valence-electron chi connectivity index (χ2n) is 3.91. The third kappa shape index (κ3) is 2.23. The summed E-state index contributed by atoms with van der Waals surface area (Å²) >= 11 is 0. The molecule has 1 N–H and O–H groups in total. The highest BCUT2D eigenvalue weighted by molar-refractivity contribution is 5.58. The van der Waals surface area contributed by atoms with Gasteiger partial charge in [0.15, 0.2) is 0 Å². The van der Waals surface area contributed by atoms with E-state index in [1.165, 1.54) is 0 Å². The van der Waals surface area contributed by atoms with Crippen LogP contribution in [0, 0.1) is 0 Å². The quantitative estimate of drug-likeness (QED) is 0.800. The highest BCUT2D eigenvalue weighted by Gasteiger charge is 2.19. The molecule has 0 saturated carbocycles. The molecule has 82 valence electrons. The Balaban J connectivity index is 2.20. The minimum atomic E-state index is -0.205. The number of ether oxygens (including phenoxy) is 1. The molecule has 1 atom stereocenters. The summed E-state index contributed by atoms with van der Waals surface area (Å²) in [6.07, 6.45) is 1.74. The van der Waals surface area contributed by atoms with Gasteiger partial charge in [-0.1, -0.05) is 12.1 Å². The number of hydrogen-bond acceptors (Lipinski definition) is 3. The molecule has 1 saturated heterocycles. The van der Waals surface area contributed by atoms with E-state index in [1.54, 1.807) is 7.11 Å². The second kappa shape index (κ2) is 4.53. The topological polar surface area (TPSA) is 32.7 Å². The predicted molar refractivity (Wildman–Crippen MR) is 60.4 cm³/mol. The van der Waals surface area contributed by atoms with Crippen molar-refractivity contribution >= 4 is 5.69 Å². The van der Waals surface area contributed by atoms with E-state index in [4.69, 9.17) is 4.74 Å². The number of aliphatic hydroxyl groups excluding tert-OH is 1. The maximum Gasteiger partial charge on any atom is 0.142 e. The fourth-order valence-electron chi connectivity index (χ4n) is 2.06. The van der Waals surface area contributed by atoms with E-state index in [9.17, 15) is 5.11 Å². The van der Waals surface area contributed by atoms with E-state index in [2.05, 4.69) is 4.90 Å². The molecule has 3 nitrogen and oxygen atoms in total. The zero-order valence-electron chi connectivity index (χ0n) is 9.02. The lowest BCUT2D eigenvalue weighted by Crippen LogP contribution is -2.38. The number of hydrogen-bond donors (Lipinski definition) is 1. The van der Waals surface area contributed by atoms with Gasteiger partial charge >= 0.3 is 0 Å². The smallest absolute Gasteiger partial charge is 0.142 e. The number of benzene rings is 1. The zero-order valence-corrected chi connectivity index (χ0v) is 9.02. The number of methoxy groups -OCH3 is 1. The predicted octanol–water partition coefficient (Wildman–Crippen LogP) is 1.66. The van der Waals surface area contributed by atoms with Gasteiger partial charge in [-0.3, -0.25) is 0 Å². The summed E-state index contributed by atoms with van der Waals surface area (Å²) in [4.78, 5) is 2.19. The summed E-state index contributed by atoms with van der Waals surface area (Å²) in [5, 5.41) is 9.62. The first-order valence-electron chi connectivity index (χ1n) is 5.37. The molecule has 0 amide bonds. The molecule has 0 spiro atoms. The Morgan fingerprint density at radius 3 is 2.93 bits per heavy atom. The Bertz CT molecular complexity index is 327. The summed E-state index contributed by atoms with van der Waals surface area (Å²) < 4.78 is 5.31. The Kier molecular flexibility index (Phi) is 3.11. The van der Waals surface area contributed by atoms with Crippen LogP contribution in [0.3, 0.4) is 0 Å². The molecular formula is C12H17NO2. The van der Waals surface area contributed by atoms with E-state index >= 15 is 0 Å². The molecule has 0 radical (unpaired) electrons. The van der Waals surface area contributed by atoms with Crippen LogP contribution < -0.4 is 9.64 Å². The molecule has 1 unspecified atom stereocenters. The first-order chi connectivity index (χ1) is 7.31. The summed E-state index contributed by atoms with van der Waals surface area (Å²) in [5.41, 5.74) is 1.08. The number of nitrogens with zero attached hydrogens (tertiary/aromatic N) is 1. The molecule has 0 bridgehead atoms. The average molecular weight is 207 g/mol. The first kappa shape index (κ1) is 10.3. The number of anilines is 1. The van der Waals surface area contributed by atoms with Gasteiger partial charge in [-0.15, -0.1) is 0 Å². The largest absolute Gasteiger partial charge is 0.495 e. The molecule has 0 aliphatic carbocycles. The van der Waals surface area contributed by atoms with Gasteiger partial charge in [0.1, 0.15) is 5.75 Å². The zero-order chi connectivity index (χ0) is 10.7. The van der Waals surface area contributed by atoms with Crippen LogP contribution in [-0.4, -0.2) is 31.4 Å². The summed E-state index contributed by atoms with van der Waals surface area (Å²) in [6, 6.07) is 7.95.